The molecule has 32 heavy (non-hydrogen) atoms. The number of rotatable bonds is 8. The number of nitrogens with one attached hydrogen (secondary N) is 2. The van der Waals surface area contributed by atoms with Crippen molar-refractivity contribution in [2.45, 2.75) is 69.7 Å². The molecule has 2 bridgehead atoms. The van der Waals surface area contributed by atoms with Gasteiger partial charge in [-0.2, -0.15) is 0 Å². The van der Waals surface area contributed by atoms with Gasteiger partial charge in [-0.15, -0.1) is 0 Å². The lowest BCUT2D eigenvalue weighted by Crippen LogP contribution is -2.44. The zero-order chi connectivity index (χ0) is 23.3. The molecule has 1 amide bonds. The summed E-state index contributed by atoms with van der Waals surface area (Å²) in [5.74, 6) is -1.46. The van der Waals surface area contributed by atoms with Gasteiger partial charge in [0.1, 0.15) is 0 Å². The van der Waals surface area contributed by atoms with Gasteiger partial charge in [0.25, 0.3) is 5.91 Å². The summed E-state index contributed by atoms with van der Waals surface area (Å²) >= 11 is 0. The summed E-state index contributed by atoms with van der Waals surface area (Å²) in [4.78, 5) is 38.5. The first-order valence-electron chi connectivity index (χ1n) is 11.6. The second-order valence-electron chi connectivity index (χ2n) is 9.69. The highest BCUT2D eigenvalue weighted by Crippen LogP contribution is 2.35. The van der Waals surface area contributed by atoms with Crippen LogP contribution < -0.4 is 10.0 Å². The first-order chi connectivity index (χ1) is 15.2. The van der Waals surface area contributed by atoms with Crippen LogP contribution in [0.25, 0.3) is 0 Å². The maximum absolute atomic E-state index is 13.3. The van der Waals surface area contributed by atoms with E-state index >= 15 is 0 Å². The number of benzene rings is 1. The Labute approximate surface area is 190 Å². The number of hydrogen-bond acceptors (Lipinski definition) is 5. The number of hydrogen-bond donors (Lipinski definition) is 2. The van der Waals surface area contributed by atoms with Crippen molar-refractivity contribution in [2.75, 3.05) is 6.54 Å². The molecule has 176 valence electrons. The minimum atomic E-state index is -3.88. The van der Waals surface area contributed by atoms with Crippen molar-refractivity contribution in [3.63, 3.8) is 0 Å². The summed E-state index contributed by atoms with van der Waals surface area (Å²) < 4.78 is 28.2. The van der Waals surface area contributed by atoms with Gasteiger partial charge in [-0.05, 0) is 55.6 Å². The number of sulfonamides is 1. The minimum Gasteiger partial charge on any atom is -0.349 e. The summed E-state index contributed by atoms with van der Waals surface area (Å²) in [6, 6.07) is 6.98. The maximum Gasteiger partial charge on any atom is 0.287 e. The molecule has 1 aliphatic carbocycles. The van der Waals surface area contributed by atoms with E-state index in [1.807, 2.05) is 13.8 Å². The lowest BCUT2D eigenvalue weighted by atomic mass is 9.76. The lowest BCUT2D eigenvalue weighted by Gasteiger charge is -2.29. The molecule has 1 heterocycles. The van der Waals surface area contributed by atoms with Crippen molar-refractivity contribution in [3.05, 3.63) is 30.3 Å². The predicted octanol–water partition coefficient (Wildman–Crippen LogP) is 2.85. The summed E-state index contributed by atoms with van der Waals surface area (Å²) in [6.07, 6.45) is 4.77. The van der Waals surface area contributed by atoms with E-state index in [-0.39, 0.29) is 23.0 Å². The third-order valence-corrected chi connectivity index (χ3v) is 8.04. The van der Waals surface area contributed by atoms with E-state index in [1.54, 1.807) is 18.2 Å². The van der Waals surface area contributed by atoms with Gasteiger partial charge in [0.2, 0.25) is 15.8 Å². The fourth-order valence-corrected chi connectivity index (χ4v) is 6.21. The highest BCUT2D eigenvalue weighted by molar-refractivity contribution is 7.89. The first kappa shape index (κ1) is 24.6. The van der Waals surface area contributed by atoms with Gasteiger partial charge in [-0.3, -0.25) is 14.4 Å². The molecular formula is C24H34N2O5S. The van der Waals surface area contributed by atoms with Gasteiger partial charge < -0.3 is 5.32 Å². The Bertz CT molecular complexity index is 929. The molecule has 2 N–H and O–H groups in total. The highest BCUT2D eigenvalue weighted by Gasteiger charge is 2.36. The molecule has 4 unspecified atom stereocenters. The molecule has 0 radical (unpaired) electrons. The zero-order valence-electron chi connectivity index (χ0n) is 18.9. The molecule has 1 aromatic rings. The smallest absolute Gasteiger partial charge is 0.287 e. The summed E-state index contributed by atoms with van der Waals surface area (Å²) in [5, 5.41) is 2.74. The Morgan fingerprint density at radius 1 is 1.09 bits per heavy atom. The number of fused-ring (bicyclic) bond motifs is 2. The van der Waals surface area contributed by atoms with Gasteiger partial charge in [-0.1, -0.05) is 44.9 Å². The molecule has 0 aromatic heterocycles. The van der Waals surface area contributed by atoms with Crippen LogP contribution in [-0.4, -0.2) is 38.5 Å². The molecule has 1 saturated carbocycles. The normalized spacial score (nSPS) is 25.4. The number of amides is 1. The van der Waals surface area contributed by atoms with Gasteiger partial charge >= 0.3 is 0 Å². The van der Waals surface area contributed by atoms with Crippen LogP contribution >= 0.6 is 0 Å². The molecule has 1 aromatic carbocycles. The molecule has 0 spiro atoms. The average molecular weight is 463 g/mol. The van der Waals surface area contributed by atoms with Crippen LogP contribution in [0.5, 0.6) is 0 Å². The average Bonchev–Trinajstić information content (AvgIpc) is 2.79. The van der Waals surface area contributed by atoms with Crippen molar-refractivity contribution < 1.29 is 22.8 Å². The van der Waals surface area contributed by atoms with Crippen molar-refractivity contribution >= 4 is 27.5 Å². The van der Waals surface area contributed by atoms with Crippen molar-refractivity contribution in [3.8, 4) is 0 Å². The SMILES string of the molecule is CC(C)CC(NS(=O)(=O)c1ccccc1)C(=O)CC1CC2CCCC(CNC(=O)C1=O)C2. The Kier molecular flexibility index (Phi) is 8.22. The monoisotopic (exact) mass is 462 g/mol. The number of ketones is 2. The fourth-order valence-electron chi connectivity index (χ4n) is 4.95. The topological polar surface area (TPSA) is 109 Å². The number of Topliss-reactive ketones (excluding diaryl/α,β-unsaturated/α-hetero) is 2. The Hall–Kier alpha value is -2.06. The van der Waals surface area contributed by atoms with Gasteiger partial charge in [0.05, 0.1) is 10.9 Å². The van der Waals surface area contributed by atoms with Gasteiger partial charge in [-0.25, -0.2) is 13.1 Å². The molecule has 8 heteroatoms. The second-order valence-corrected chi connectivity index (χ2v) is 11.4. The molecule has 2 aliphatic rings. The molecule has 1 aliphatic heterocycles. The lowest BCUT2D eigenvalue weighted by molar-refractivity contribution is -0.141. The molecule has 1 saturated heterocycles. The van der Waals surface area contributed by atoms with E-state index in [0.29, 0.717) is 31.2 Å². The Morgan fingerprint density at radius 3 is 2.47 bits per heavy atom. The molecule has 4 atom stereocenters. The Morgan fingerprint density at radius 2 is 1.78 bits per heavy atom. The molecular weight excluding hydrogens is 428 g/mol. The van der Waals surface area contributed by atoms with Crippen molar-refractivity contribution in [1.29, 1.82) is 0 Å². The standard InChI is InChI=1S/C24H34N2O5S/c1-16(2)11-21(26-32(30,31)20-9-4-3-5-10-20)22(27)14-19-13-17-7-6-8-18(12-17)15-25-24(29)23(19)28/h3-5,9-10,16-19,21,26H,6-8,11-15H2,1-2H3,(H,25,29). The number of carbonyl (C=O) groups is 3. The van der Waals surface area contributed by atoms with E-state index in [1.165, 1.54) is 12.1 Å². The van der Waals surface area contributed by atoms with Crippen LogP contribution in [0.2, 0.25) is 0 Å². The second kappa shape index (κ2) is 10.7. The number of carbonyl (C=O) groups excluding carboxylic acids is 3. The molecule has 7 nitrogen and oxygen atoms in total. The summed E-state index contributed by atoms with van der Waals surface area (Å²) in [6.45, 7) is 4.34. The van der Waals surface area contributed by atoms with E-state index in [9.17, 15) is 22.8 Å². The summed E-state index contributed by atoms with van der Waals surface area (Å²) in [5.41, 5.74) is 0. The van der Waals surface area contributed by atoms with E-state index in [2.05, 4.69) is 10.0 Å². The van der Waals surface area contributed by atoms with E-state index in [0.717, 1.165) is 25.7 Å². The predicted molar refractivity (Wildman–Crippen MR) is 121 cm³/mol. The first-order valence-corrected chi connectivity index (χ1v) is 13.1. The third kappa shape index (κ3) is 6.48. The summed E-state index contributed by atoms with van der Waals surface area (Å²) in [7, 11) is -3.88. The minimum absolute atomic E-state index is 0.0704. The van der Waals surface area contributed by atoms with Crippen LogP contribution in [-0.2, 0) is 24.4 Å². The zero-order valence-corrected chi connectivity index (χ0v) is 19.7. The van der Waals surface area contributed by atoms with Crippen LogP contribution in [0.4, 0.5) is 0 Å². The van der Waals surface area contributed by atoms with Crippen LogP contribution in [0, 0.1) is 23.7 Å². The van der Waals surface area contributed by atoms with Crippen molar-refractivity contribution in [2.24, 2.45) is 23.7 Å². The highest BCUT2D eigenvalue weighted by atomic mass is 32.2. The van der Waals surface area contributed by atoms with Gasteiger partial charge in [0.15, 0.2) is 5.78 Å². The van der Waals surface area contributed by atoms with Crippen molar-refractivity contribution in [1.82, 2.24) is 10.0 Å². The van der Waals surface area contributed by atoms with Crippen LogP contribution in [0.3, 0.4) is 0 Å². The molecule has 2 fully saturated rings. The molecule has 3 rings (SSSR count). The van der Waals surface area contributed by atoms with Crippen LogP contribution in [0.1, 0.15) is 58.8 Å². The Balaban J connectivity index is 1.77. The maximum atomic E-state index is 13.3. The van der Waals surface area contributed by atoms with Gasteiger partial charge in [0, 0.05) is 18.9 Å². The van der Waals surface area contributed by atoms with Crippen LogP contribution in [0.15, 0.2) is 35.2 Å². The third-order valence-electron chi connectivity index (χ3n) is 6.55. The fraction of sp³-hybridized carbons (Fsp3) is 0.625. The van der Waals surface area contributed by atoms with E-state index < -0.39 is 33.7 Å². The van der Waals surface area contributed by atoms with E-state index in [4.69, 9.17) is 0 Å². The quantitative estimate of drug-likeness (QED) is 0.578. The largest absolute Gasteiger partial charge is 0.349 e.